The number of benzene rings is 2. The zero-order chi connectivity index (χ0) is 20.1. The number of amides is 2. The van der Waals surface area contributed by atoms with Crippen molar-refractivity contribution in [3.63, 3.8) is 0 Å². The summed E-state index contributed by atoms with van der Waals surface area (Å²) in [7, 11) is 3.07. The molecule has 2 N–H and O–H groups in total. The van der Waals surface area contributed by atoms with Crippen molar-refractivity contribution in [1.82, 2.24) is 10.2 Å². The van der Waals surface area contributed by atoms with Gasteiger partial charge in [0.05, 0.1) is 20.6 Å². The van der Waals surface area contributed by atoms with Crippen molar-refractivity contribution in [3.05, 3.63) is 59.0 Å². The number of carbonyl (C=O) groups excluding carboxylic acids is 1. The standard InChI is InChI=1S/C20H22N4O4/c1-12-5-6-14(13(2)9-12)10-18-23-24-20(28-18)22-19(25)21-15-7-8-16(26-3)17(11-15)27-4/h5-9,11H,10H2,1-4H3,(H2,21,22,24,25). The van der Waals surface area contributed by atoms with Gasteiger partial charge in [-0.15, -0.1) is 5.10 Å². The maximum atomic E-state index is 12.2. The Bertz CT molecular complexity index is 984. The predicted molar refractivity (Wildman–Crippen MR) is 105 cm³/mol. The van der Waals surface area contributed by atoms with E-state index in [1.807, 2.05) is 26.0 Å². The Labute approximate surface area is 162 Å². The fourth-order valence-electron chi connectivity index (χ4n) is 2.76. The number of methoxy groups -OCH3 is 2. The molecule has 1 aromatic heterocycles. The van der Waals surface area contributed by atoms with E-state index >= 15 is 0 Å². The number of rotatable bonds is 6. The van der Waals surface area contributed by atoms with Gasteiger partial charge in [-0.2, -0.15) is 0 Å². The molecule has 0 bridgehead atoms. The average molecular weight is 382 g/mol. The zero-order valence-corrected chi connectivity index (χ0v) is 16.2. The van der Waals surface area contributed by atoms with Crippen LogP contribution >= 0.6 is 0 Å². The van der Waals surface area contributed by atoms with Gasteiger partial charge in [0.1, 0.15) is 0 Å². The molecule has 0 atom stereocenters. The molecule has 146 valence electrons. The Kier molecular flexibility index (Phi) is 5.78. The molecule has 2 aromatic carbocycles. The van der Waals surface area contributed by atoms with Crippen LogP contribution < -0.4 is 20.1 Å². The van der Waals surface area contributed by atoms with Crippen molar-refractivity contribution in [2.45, 2.75) is 20.3 Å². The maximum Gasteiger partial charge on any atom is 0.327 e. The topological polar surface area (TPSA) is 98.5 Å². The lowest BCUT2D eigenvalue weighted by Crippen LogP contribution is -2.19. The molecule has 2 amide bonds. The first kappa shape index (κ1) is 19.2. The lowest BCUT2D eigenvalue weighted by Gasteiger charge is -2.10. The molecule has 0 spiro atoms. The van der Waals surface area contributed by atoms with E-state index in [-0.39, 0.29) is 6.01 Å². The molecule has 0 aliphatic carbocycles. The number of ether oxygens (including phenoxy) is 2. The van der Waals surface area contributed by atoms with Crippen molar-refractivity contribution in [1.29, 1.82) is 0 Å². The molecule has 3 rings (SSSR count). The highest BCUT2D eigenvalue weighted by Crippen LogP contribution is 2.29. The summed E-state index contributed by atoms with van der Waals surface area (Å²) in [4.78, 5) is 12.2. The second-order valence-corrected chi connectivity index (χ2v) is 6.26. The summed E-state index contributed by atoms with van der Waals surface area (Å²) in [6.07, 6.45) is 0.498. The van der Waals surface area contributed by atoms with E-state index in [1.165, 1.54) is 12.7 Å². The van der Waals surface area contributed by atoms with Crippen LogP contribution in [0.4, 0.5) is 16.5 Å². The minimum atomic E-state index is -0.506. The summed E-state index contributed by atoms with van der Waals surface area (Å²) >= 11 is 0. The molecule has 3 aromatic rings. The molecule has 0 saturated heterocycles. The van der Waals surface area contributed by atoms with Gasteiger partial charge in [-0.1, -0.05) is 28.9 Å². The molecule has 28 heavy (non-hydrogen) atoms. The number of hydrogen-bond acceptors (Lipinski definition) is 6. The van der Waals surface area contributed by atoms with Gasteiger partial charge >= 0.3 is 12.0 Å². The number of urea groups is 1. The van der Waals surface area contributed by atoms with Crippen molar-refractivity contribution in [3.8, 4) is 11.5 Å². The first-order valence-corrected chi connectivity index (χ1v) is 8.67. The SMILES string of the molecule is COc1ccc(NC(=O)Nc2nnc(Cc3ccc(C)cc3C)o2)cc1OC. The van der Waals surface area contributed by atoms with E-state index in [0.29, 0.717) is 29.5 Å². The van der Waals surface area contributed by atoms with E-state index in [1.54, 1.807) is 25.3 Å². The minimum Gasteiger partial charge on any atom is -0.493 e. The van der Waals surface area contributed by atoms with Gasteiger partial charge in [0, 0.05) is 11.8 Å². The van der Waals surface area contributed by atoms with Crippen LogP contribution in [0.5, 0.6) is 11.5 Å². The van der Waals surface area contributed by atoms with Crippen LogP contribution in [0.25, 0.3) is 0 Å². The molecule has 0 aliphatic heterocycles. The summed E-state index contributed by atoms with van der Waals surface area (Å²) < 4.78 is 15.9. The van der Waals surface area contributed by atoms with E-state index < -0.39 is 6.03 Å². The van der Waals surface area contributed by atoms with Crippen molar-refractivity contribution >= 4 is 17.7 Å². The molecule has 0 radical (unpaired) electrons. The normalized spacial score (nSPS) is 10.4. The Hall–Kier alpha value is -3.55. The summed E-state index contributed by atoms with van der Waals surface area (Å²) in [6, 6.07) is 10.7. The molecule has 8 heteroatoms. The smallest absolute Gasteiger partial charge is 0.327 e. The van der Waals surface area contributed by atoms with Gasteiger partial charge in [-0.05, 0) is 37.1 Å². The maximum absolute atomic E-state index is 12.2. The van der Waals surface area contributed by atoms with Crippen LogP contribution in [0.1, 0.15) is 22.6 Å². The molecular formula is C20H22N4O4. The van der Waals surface area contributed by atoms with E-state index in [9.17, 15) is 4.79 Å². The molecular weight excluding hydrogens is 360 g/mol. The van der Waals surface area contributed by atoms with E-state index in [0.717, 1.165) is 11.1 Å². The predicted octanol–water partition coefficient (Wildman–Crippen LogP) is 3.94. The summed E-state index contributed by atoms with van der Waals surface area (Å²) in [5.41, 5.74) is 3.97. The first-order chi connectivity index (χ1) is 13.5. The lowest BCUT2D eigenvalue weighted by molar-refractivity contribution is 0.261. The van der Waals surface area contributed by atoms with Gasteiger partial charge < -0.3 is 19.2 Å². The summed E-state index contributed by atoms with van der Waals surface area (Å²) in [5.74, 6) is 1.50. The Balaban J connectivity index is 1.62. The highest BCUT2D eigenvalue weighted by atomic mass is 16.5. The third-order valence-corrected chi connectivity index (χ3v) is 4.17. The monoisotopic (exact) mass is 382 g/mol. The van der Waals surface area contributed by atoms with E-state index in [2.05, 4.69) is 26.9 Å². The fourth-order valence-corrected chi connectivity index (χ4v) is 2.76. The minimum absolute atomic E-state index is 0.0257. The largest absolute Gasteiger partial charge is 0.493 e. The third-order valence-electron chi connectivity index (χ3n) is 4.17. The van der Waals surface area contributed by atoms with Crippen LogP contribution in [-0.2, 0) is 6.42 Å². The van der Waals surface area contributed by atoms with Crippen molar-refractivity contribution in [2.75, 3.05) is 24.9 Å². The molecule has 0 aliphatic rings. The summed E-state index contributed by atoms with van der Waals surface area (Å²) in [5, 5.41) is 13.1. The van der Waals surface area contributed by atoms with Crippen LogP contribution in [0.15, 0.2) is 40.8 Å². The number of aryl methyl sites for hydroxylation is 2. The number of nitrogens with zero attached hydrogens (tertiary/aromatic N) is 2. The molecule has 0 fully saturated rings. The van der Waals surface area contributed by atoms with Crippen molar-refractivity contribution in [2.24, 2.45) is 0 Å². The van der Waals surface area contributed by atoms with Crippen LogP contribution in [0.3, 0.4) is 0 Å². The lowest BCUT2D eigenvalue weighted by atomic mass is 10.0. The van der Waals surface area contributed by atoms with Crippen LogP contribution in [-0.4, -0.2) is 30.4 Å². The van der Waals surface area contributed by atoms with Crippen molar-refractivity contribution < 1.29 is 18.7 Å². The molecule has 8 nitrogen and oxygen atoms in total. The van der Waals surface area contributed by atoms with Crippen LogP contribution in [0.2, 0.25) is 0 Å². The third kappa shape index (κ3) is 4.59. The van der Waals surface area contributed by atoms with Gasteiger partial charge in [-0.3, -0.25) is 5.32 Å². The first-order valence-electron chi connectivity index (χ1n) is 8.67. The number of anilines is 2. The van der Waals surface area contributed by atoms with Gasteiger partial charge in [0.15, 0.2) is 11.5 Å². The molecule has 0 saturated carbocycles. The highest BCUT2D eigenvalue weighted by Gasteiger charge is 2.12. The highest BCUT2D eigenvalue weighted by molar-refractivity contribution is 5.98. The number of aromatic nitrogens is 2. The second-order valence-electron chi connectivity index (χ2n) is 6.26. The van der Waals surface area contributed by atoms with E-state index in [4.69, 9.17) is 13.9 Å². The van der Waals surface area contributed by atoms with Crippen LogP contribution in [0, 0.1) is 13.8 Å². The molecule has 0 unspecified atom stereocenters. The van der Waals surface area contributed by atoms with Gasteiger partial charge in [0.25, 0.3) is 0 Å². The van der Waals surface area contributed by atoms with Gasteiger partial charge in [-0.25, -0.2) is 4.79 Å². The Morgan fingerprint density at radius 2 is 1.79 bits per heavy atom. The zero-order valence-electron chi connectivity index (χ0n) is 16.2. The quantitative estimate of drug-likeness (QED) is 0.670. The summed E-state index contributed by atoms with van der Waals surface area (Å²) in [6.45, 7) is 4.08. The number of nitrogens with one attached hydrogen (secondary N) is 2. The van der Waals surface area contributed by atoms with Gasteiger partial charge in [0.2, 0.25) is 5.89 Å². The second kappa shape index (κ2) is 8.43. The molecule has 1 heterocycles. The average Bonchev–Trinajstić information content (AvgIpc) is 3.10. The number of carbonyl (C=O) groups is 1. The fraction of sp³-hybridized carbons (Fsp3) is 0.250. The Morgan fingerprint density at radius 1 is 1.00 bits per heavy atom. The Morgan fingerprint density at radius 3 is 2.50 bits per heavy atom. The number of hydrogen-bond donors (Lipinski definition) is 2.